The third-order valence-electron chi connectivity index (χ3n) is 6.40. The maximum Gasteiger partial charge on any atom is 0.220 e. The summed E-state index contributed by atoms with van der Waals surface area (Å²) in [6.45, 7) is 8.05. The quantitative estimate of drug-likeness (QED) is 0.682. The molecule has 0 aromatic rings. The first-order chi connectivity index (χ1) is 11.8. The first-order valence-electron chi connectivity index (χ1n) is 9.13. The summed E-state index contributed by atoms with van der Waals surface area (Å²) in [5, 5.41) is 0. The maximum atomic E-state index is 6.61. The molecule has 0 aliphatic carbocycles. The minimum Gasteiger partial charge on any atom is -0.408 e. The van der Waals surface area contributed by atoms with Gasteiger partial charge in [0.15, 0.2) is 14.6 Å². The molecule has 3 aliphatic rings. The van der Waals surface area contributed by atoms with Crippen LogP contribution in [0.2, 0.25) is 18.1 Å². The molecule has 0 saturated carbocycles. The highest BCUT2D eigenvalue weighted by molar-refractivity contribution is 6.74. The van der Waals surface area contributed by atoms with E-state index in [9.17, 15) is 0 Å². The first kappa shape index (κ1) is 19.7. The summed E-state index contributed by atoms with van der Waals surface area (Å²) in [6, 6.07) is 3.09. The highest BCUT2D eigenvalue weighted by atomic mass is 28.4. The number of methoxy groups -OCH3 is 3. The molecule has 8 heteroatoms. The Bertz CT molecular complexity index is 488. The monoisotopic (exact) mass is 376 g/mol. The molecule has 3 aliphatic heterocycles. The molecule has 0 radical (unpaired) electrons. The molecule has 3 heterocycles. The van der Waals surface area contributed by atoms with Crippen LogP contribution >= 0.6 is 0 Å². The number of fused-ring (bicyclic) bond motifs is 3. The highest BCUT2D eigenvalue weighted by Gasteiger charge is 2.65. The molecular formula is C17H32O7Si. The van der Waals surface area contributed by atoms with Gasteiger partial charge in [-0.25, -0.2) is 0 Å². The molecule has 3 fully saturated rings. The normalized spacial score (nSPS) is 48.8. The zero-order chi connectivity index (χ0) is 18.5. The van der Waals surface area contributed by atoms with Gasteiger partial charge in [0.1, 0.15) is 18.3 Å². The van der Waals surface area contributed by atoms with Gasteiger partial charge in [-0.1, -0.05) is 13.8 Å². The van der Waals surface area contributed by atoms with Gasteiger partial charge in [-0.05, 0) is 32.0 Å². The van der Waals surface area contributed by atoms with Crippen molar-refractivity contribution >= 4 is 8.32 Å². The molecule has 3 saturated heterocycles. The van der Waals surface area contributed by atoms with E-state index in [-0.39, 0.29) is 18.3 Å². The van der Waals surface area contributed by atoms with Gasteiger partial charge in [-0.3, -0.25) is 0 Å². The molecule has 25 heavy (non-hydrogen) atoms. The molecule has 0 bridgehead atoms. The third kappa shape index (κ3) is 2.91. The molecule has 7 nitrogen and oxygen atoms in total. The van der Waals surface area contributed by atoms with Gasteiger partial charge in [-0.2, -0.15) is 0 Å². The van der Waals surface area contributed by atoms with Gasteiger partial charge in [0.25, 0.3) is 0 Å². The number of ether oxygens (including phenoxy) is 6. The van der Waals surface area contributed by atoms with Crippen LogP contribution in [0.3, 0.4) is 0 Å². The smallest absolute Gasteiger partial charge is 0.220 e. The summed E-state index contributed by atoms with van der Waals surface area (Å²) < 4.78 is 42.4. The lowest BCUT2D eigenvalue weighted by Gasteiger charge is -2.56. The lowest BCUT2D eigenvalue weighted by molar-refractivity contribution is -0.480. The van der Waals surface area contributed by atoms with Crippen molar-refractivity contribution in [2.45, 2.75) is 88.1 Å². The molecule has 7 atom stereocenters. The SMILES string of the molecule is CC[Si]1(CC)C[C@@H]2O[C@@H](OC)[C@H]3O[C@](C)(OC)[C@@](C)(OC)O[C@@H]3[C@@H]2O1. The van der Waals surface area contributed by atoms with E-state index in [2.05, 4.69) is 13.8 Å². The van der Waals surface area contributed by atoms with Crippen LogP contribution in [0.5, 0.6) is 0 Å². The van der Waals surface area contributed by atoms with Crippen molar-refractivity contribution in [3.63, 3.8) is 0 Å². The van der Waals surface area contributed by atoms with E-state index in [0.717, 1.165) is 18.1 Å². The molecule has 0 aromatic heterocycles. The molecule has 0 aromatic carbocycles. The zero-order valence-corrected chi connectivity index (χ0v) is 17.4. The molecule has 0 unspecified atom stereocenters. The van der Waals surface area contributed by atoms with Gasteiger partial charge < -0.3 is 32.8 Å². The van der Waals surface area contributed by atoms with Gasteiger partial charge in [0, 0.05) is 21.3 Å². The summed E-state index contributed by atoms with van der Waals surface area (Å²) in [5.74, 6) is -2.14. The average Bonchev–Trinajstić information content (AvgIpc) is 3.01. The van der Waals surface area contributed by atoms with E-state index in [4.69, 9.17) is 32.8 Å². The van der Waals surface area contributed by atoms with Crippen LogP contribution in [-0.2, 0) is 32.8 Å². The van der Waals surface area contributed by atoms with Gasteiger partial charge >= 0.3 is 0 Å². The second-order valence-electron chi connectivity index (χ2n) is 7.42. The lowest BCUT2D eigenvalue weighted by atomic mass is 9.95. The van der Waals surface area contributed by atoms with E-state index in [0.29, 0.717) is 0 Å². The Hall–Kier alpha value is -0.0631. The standard InChI is InChI=1S/C17H32O7Si/c1-8-25(9-2)10-11-12(24-25)13-14(15(18-5)21-11)23-17(4,20-7)16(3,19-6)22-13/h11-15H,8-10H2,1-7H3/t11-,12+,13+,14-,15+,16-,17-/m0/s1. The molecule has 146 valence electrons. The Morgan fingerprint density at radius 2 is 1.48 bits per heavy atom. The van der Waals surface area contributed by atoms with Crippen molar-refractivity contribution in [3.05, 3.63) is 0 Å². The van der Waals surface area contributed by atoms with E-state index >= 15 is 0 Å². The van der Waals surface area contributed by atoms with Gasteiger partial charge in [0.05, 0.1) is 6.10 Å². The van der Waals surface area contributed by atoms with E-state index in [1.807, 2.05) is 6.92 Å². The van der Waals surface area contributed by atoms with Crippen molar-refractivity contribution in [1.29, 1.82) is 0 Å². The molecule has 3 rings (SSSR count). The molecular weight excluding hydrogens is 344 g/mol. The summed E-state index contributed by atoms with van der Waals surface area (Å²) in [5.41, 5.74) is 0. The van der Waals surface area contributed by atoms with Crippen LogP contribution in [-0.4, -0.2) is 71.9 Å². The topological polar surface area (TPSA) is 64.6 Å². The number of hydrogen-bond donors (Lipinski definition) is 0. The summed E-state index contributed by atoms with van der Waals surface area (Å²) in [7, 11) is 2.98. The molecule has 0 N–H and O–H groups in total. The third-order valence-corrected chi connectivity index (χ3v) is 10.9. The minimum absolute atomic E-state index is 0.0330. The van der Waals surface area contributed by atoms with E-state index in [1.165, 1.54) is 0 Å². The van der Waals surface area contributed by atoms with Crippen molar-refractivity contribution < 1.29 is 32.8 Å². The van der Waals surface area contributed by atoms with E-state index < -0.39 is 32.3 Å². The van der Waals surface area contributed by atoms with Crippen molar-refractivity contribution in [3.8, 4) is 0 Å². The van der Waals surface area contributed by atoms with Crippen molar-refractivity contribution in [2.24, 2.45) is 0 Å². The van der Waals surface area contributed by atoms with Crippen molar-refractivity contribution in [1.82, 2.24) is 0 Å². The fourth-order valence-corrected chi connectivity index (χ4v) is 7.68. The molecule has 0 spiro atoms. The van der Waals surface area contributed by atoms with Crippen LogP contribution in [0.25, 0.3) is 0 Å². The summed E-state index contributed by atoms with van der Waals surface area (Å²) >= 11 is 0. The second-order valence-corrected chi connectivity index (χ2v) is 11.8. The Balaban J connectivity index is 1.93. The Morgan fingerprint density at radius 1 is 0.920 bits per heavy atom. The second kappa shape index (κ2) is 6.83. The average molecular weight is 377 g/mol. The Labute approximate surface area is 151 Å². The highest BCUT2D eigenvalue weighted by Crippen LogP contribution is 2.48. The lowest BCUT2D eigenvalue weighted by Crippen LogP contribution is -2.72. The van der Waals surface area contributed by atoms with Crippen LogP contribution in [0, 0.1) is 0 Å². The number of rotatable bonds is 5. The zero-order valence-electron chi connectivity index (χ0n) is 16.4. The summed E-state index contributed by atoms with van der Waals surface area (Å²) in [6.07, 6.45) is -1.50. The van der Waals surface area contributed by atoms with Crippen LogP contribution < -0.4 is 0 Å². The predicted octanol–water partition coefficient (Wildman–Crippen LogP) is 2.25. The van der Waals surface area contributed by atoms with E-state index in [1.54, 1.807) is 28.3 Å². The molecule has 0 amide bonds. The largest absolute Gasteiger partial charge is 0.408 e. The summed E-state index contributed by atoms with van der Waals surface area (Å²) in [4.78, 5) is 0. The Morgan fingerprint density at radius 3 is 1.96 bits per heavy atom. The van der Waals surface area contributed by atoms with Crippen LogP contribution in [0.15, 0.2) is 0 Å². The maximum absolute atomic E-state index is 6.61. The Kier molecular flexibility index (Phi) is 5.38. The van der Waals surface area contributed by atoms with Crippen LogP contribution in [0.4, 0.5) is 0 Å². The van der Waals surface area contributed by atoms with Crippen molar-refractivity contribution in [2.75, 3.05) is 21.3 Å². The first-order valence-corrected chi connectivity index (χ1v) is 11.7. The number of hydrogen-bond acceptors (Lipinski definition) is 7. The fraction of sp³-hybridized carbons (Fsp3) is 1.00. The fourth-order valence-electron chi connectivity index (χ4n) is 4.24. The predicted molar refractivity (Wildman–Crippen MR) is 92.6 cm³/mol. The van der Waals surface area contributed by atoms with Gasteiger partial charge in [0.2, 0.25) is 11.6 Å². The van der Waals surface area contributed by atoms with Crippen LogP contribution in [0.1, 0.15) is 27.7 Å². The van der Waals surface area contributed by atoms with Gasteiger partial charge in [-0.15, -0.1) is 0 Å². The minimum atomic E-state index is -1.82.